The maximum absolute atomic E-state index is 13.7. The molecule has 35 heavy (non-hydrogen) atoms. The van der Waals surface area contributed by atoms with Gasteiger partial charge < -0.3 is 19.5 Å². The molecule has 0 unspecified atom stereocenters. The number of para-hydroxylation sites is 1. The standard InChI is InChI=1S/C29H25NO5/c1-34-21-14-15-27(35-2)23(16-21)26(31)17-29(33)24-12-5-6-13-25(24)30(28(29)32)18-20-10-7-9-19-8-3-4-11-22(19)20/h3-16,33H,17-18H2,1-2H3/t29-/m0/s1. The molecule has 0 bridgehead atoms. The number of nitrogens with zero attached hydrogens (tertiary/aromatic N) is 1. The van der Waals surface area contributed by atoms with Crippen LogP contribution >= 0.6 is 0 Å². The zero-order chi connectivity index (χ0) is 24.6. The summed E-state index contributed by atoms with van der Waals surface area (Å²) in [4.78, 5) is 28.7. The molecule has 6 heteroatoms. The lowest BCUT2D eigenvalue weighted by Gasteiger charge is -2.23. The largest absolute Gasteiger partial charge is 0.497 e. The summed E-state index contributed by atoms with van der Waals surface area (Å²) in [5.74, 6) is -0.108. The highest BCUT2D eigenvalue weighted by Gasteiger charge is 2.51. The molecule has 0 saturated heterocycles. The van der Waals surface area contributed by atoms with Crippen molar-refractivity contribution in [3.05, 3.63) is 102 Å². The molecule has 1 amide bonds. The second-order valence-electron chi connectivity index (χ2n) is 8.57. The highest BCUT2D eigenvalue weighted by Crippen LogP contribution is 2.44. The molecular weight excluding hydrogens is 442 g/mol. The molecule has 176 valence electrons. The highest BCUT2D eigenvalue weighted by molar-refractivity contribution is 6.11. The molecule has 1 aliphatic heterocycles. The number of methoxy groups -OCH3 is 2. The van der Waals surface area contributed by atoms with E-state index >= 15 is 0 Å². The van der Waals surface area contributed by atoms with E-state index in [1.54, 1.807) is 41.3 Å². The number of amides is 1. The fourth-order valence-electron chi connectivity index (χ4n) is 4.79. The predicted molar refractivity (Wildman–Crippen MR) is 134 cm³/mol. The van der Waals surface area contributed by atoms with Crippen molar-refractivity contribution in [3.8, 4) is 11.5 Å². The maximum Gasteiger partial charge on any atom is 0.264 e. The van der Waals surface area contributed by atoms with Crippen molar-refractivity contribution in [1.82, 2.24) is 0 Å². The van der Waals surface area contributed by atoms with Crippen LogP contribution in [-0.2, 0) is 16.9 Å². The van der Waals surface area contributed by atoms with E-state index < -0.39 is 23.7 Å². The first-order chi connectivity index (χ1) is 17.0. The molecule has 0 aliphatic carbocycles. The third-order valence-corrected chi connectivity index (χ3v) is 6.57. The van der Waals surface area contributed by atoms with Crippen LogP contribution in [0.4, 0.5) is 5.69 Å². The zero-order valence-corrected chi connectivity index (χ0v) is 19.5. The topological polar surface area (TPSA) is 76.1 Å². The third-order valence-electron chi connectivity index (χ3n) is 6.57. The number of benzene rings is 4. The molecule has 4 aromatic carbocycles. The monoisotopic (exact) mass is 467 g/mol. The predicted octanol–water partition coefficient (Wildman–Crippen LogP) is 4.86. The lowest BCUT2D eigenvalue weighted by atomic mass is 9.88. The molecule has 0 spiro atoms. The van der Waals surface area contributed by atoms with Crippen molar-refractivity contribution in [2.45, 2.75) is 18.6 Å². The van der Waals surface area contributed by atoms with Crippen LogP contribution in [0.15, 0.2) is 84.9 Å². The van der Waals surface area contributed by atoms with Crippen LogP contribution in [0.5, 0.6) is 11.5 Å². The van der Waals surface area contributed by atoms with Crippen molar-refractivity contribution in [2.75, 3.05) is 19.1 Å². The van der Waals surface area contributed by atoms with Gasteiger partial charge in [0, 0.05) is 5.56 Å². The van der Waals surface area contributed by atoms with E-state index in [9.17, 15) is 14.7 Å². The second kappa shape index (κ2) is 8.89. The van der Waals surface area contributed by atoms with Gasteiger partial charge in [0.05, 0.1) is 38.4 Å². The Morgan fingerprint density at radius 1 is 0.914 bits per heavy atom. The molecule has 4 aromatic rings. The Bertz CT molecular complexity index is 1440. The van der Waals surface area contributed by atoms with Gasteiger partial charge in [-0.3, -0.25) is 9.59 Å². The number of Topliss-reactive ketones (excluding diaryl/α,β-unsaturated/α-hetero) is 1. The smallest absolute Gasteiger partial charge is 0.264 e. The van der Waals surface area contributed by atoms with E-state index in [1.807, 2.05) is 48.5 Å². The number of rotatable bonds is 7. The van der Waals surface area contributed by atoms with Crippen LogP contribution in [0.1, 0.15) is 27.9 Å². The summed E-state index contributed by atoms with van der Waals surface area (Å²) in [6.45, 7) is 0.274. The van der Waals surface area contributed by atoms with Gasteiger partial charge in [0.15, 0.2) is 11.4 Å². The van der Waals surface area contributed by atoms with E-state index in [0.717, 1.165) is 16.3 Å². The number of hydrogen-bond acceptors (Lipinski definition) is 5. The molecule has 0 fully saturated rings. The zero-order valence-electron chi connectivity index (χ0n) is 19.5. The average molecular weight is 468 g/mol. The van der Waals surface area contributed by atoms with Crippen LogP contribution in [0.25, 0.3) is 10.8 Å². The van der Waals surface area contributed by atoms with Crippen molar-refractivity contribution in [3.63, 3.8) is 0 Å². The normalized spacial score (nSPS) is 16.9. The van der Waals surface area contributed by atoms with Gasteiger partial charge in [-0.05, 0) is 40.6 Å². The highest BCUT2D eigenvalue weighted by atomic mass is 16.5. The Labute approximate surface area is 203 Å². The van der Waals surface area contributed by atoms with Crippen LogP contribution in [0, 0.1) is 0 Å². The Balaban J connectivity index is 1.52. The fourth-order valence-corrected chi connectivity index (χ4v) is 4.79. The van der Waals surface area contributed by atoms with Crippen LogP contribution in [0.2, 0.25) is 0 Å². The minimum atomic E-state index is -1.99. The number of ether oxygens (including phenoxy) is 2. The summed E-state index contributed by atoms with van der Waals surface area (Å²) >= 11 is 0. The number of anilines is 1. The van der Waals surface area contributed by atoms with Crippen LogP contribution < -0.4 is 14.4 Å². The van der Waals surface area contributed by atoms with Gasteiger partial charge in [0.2, 0.25) is 0 Å². The van der Waals surface area contributed by atoms with Gasteiger partial charge in [-0.1, -0.05) is 60.7 Å². The number of aliphatic hydroxyl groups is 1. The lowest BCUT2D eigenvalue weighted by Crippen LogP contribution is -2.41. The van der Waals surface area contributed by atoms with Gasteiger partial charge in [0.1, 0.15) is 11.5 Å². The Morgan fingerprint density at radius 2 is 1.66 bits per heavy atom. The van der Waals surface area contributed by atoms with Crippen molar-refractivity contribution in [1.29, 1.82) is 0 Å². The van der Waals surface area contributed by atoms with Gasteiger partial charge in [-0.2, -0.15) is 0 Å². The summed E-state index contributed by atoms with van der Waals surface area (Å²) in [5.41, 5.74) is 0.222. The summed E-state index contributed by atoms with van der Waals surface area (Å²) in [6, 6.07) is 25.9. The van der Waals surface area contributed by atoms with Gasteiger partial charge in [-0.15, -0.1) is 0 Å². The molecule has 1 N–H and O–H groups in total. The van der Waals surface area contributed by atoms with Gasteiger partial charge in [0.25, 0.3) is 5.91 Å². The first-order valence-corrected chi connectivity index (χ1v) is 11.3. The van der Waals surface area contributed by atoms with Crippen molar-refractivity contribution in [2.24, 2.45) is 0 Å². The second-order valence-corrected chi connectivity index (χ2v) is 8.57. The van der Waals surface area contributed by atoms with Crippen LogP contribution in [-0.4, -0.2) is 31.0 Å². The van der Waals surface area contributed by atoms with E-state index in [4.69, 9.17) is 9.47 Å². The summed E-state index contributed by atoms with van der Waals surface area (Å²) < 4.78 is 10.6. The molecule has 5 rings (SSSR count). The van der Waals surface area contributed by atoms with E-state index in [-0.39, 0.29) is 12.1 Å². The number of hydrogen-bond donors (Lipinski definition) is 1. The quantitative estimate of drug-likeness (QED) is 0.393. The molecule has 0 saturated carbocycles. The minimum Gasteiger partial charge on any atom is -0.497 e. The number of carbonyl (C=O) groups excluding carboxylic acids is 2. The summed E-state index contributed by atoms with van der Waals surface area (Å²) in [5, 5.41) is 13.8. The molecular formula is C29H25NO5. The Hall–Kier alpha value is -4.16. The van der Waals surface area contributed by atoms with E-state index in [0.29, 0.717) is 22.7 Å². The van der Waals surface area contributed by atoms with Crippen molar-refractivity contribution < 1.29 is 24.2 Å². The van der Waals surface area contributed by atoms with Crippen molar-refractivity contribution >= 4 is 28.2 Å². The number of ketones is 1. The van der Waals surface area contributed by atoms with Gasteiger partial charge >= 0.3 is 0 Å². The average Bonchev–Trinajstić information content (AvgIpc) is 3.10. The minimum absolute atomic E-state index is 0.248. The van der Waals surface area contributed by atoms with Crippen LogP contribution in [0.3, 0.4) is 0 Å². The molecule has 1 atom stereocenters. The Morgan fingerprint density at radius 3 is 2.46 bits per heavy atom. The Kier molecular flexibility index (Phi) is 5.75. The fraction of sp³-hybridized carbons (Fsp3) is 0.172. The number of carbonyl (C=O) groups is 2. The summed E-state index contributed by atoms with van der Waals surface area (Å²) in [7, 11) is 2.97. The first kappa shape index (κ1) is 22.6. The molecule has 1 aliphatic rings. The first-order valence-electron chi connectivity index (χ1n) is 11.3. The summed E-state index contributed by atoms with van der Waals surface area (Å²) in [6.07, 6.45) is -0.418. The molecule has 6 nitrogen and oxygen atoms in total. The molecule has 0 aromatic heterocycles. The van der Waals surface area contributed by atoms with E-state index in [1.165, 1.54) is 14.2 Å². The SMILES string of the molecule is COc1ccc(OC)c(C(=O)C[C@@]2(O)C(=O)N(Cc3cccc4ccccc34)c3ccccc32)c1. The number of fused-ring (bicyclic) bond motifs is 2. The third kappa shape index (κ3) is 3.82. The molecule has 0 radical (unpaired) electrons. The maximum atomic E-state index is 13.7. The lowest BCUT2D eigenvalue weighted by molar-refractivity contribution is -0.136. The van der Waals surface area contributed by atoms with E-state index in [2.05, 4.69) is 0 Å². The molecule has 1 heterocycles. The van der Waals surface area contributed by atoms with Gasteiger partial charge in [-0.25, -0.2) is 0 Å².